The zero-order valence-electron chi connectivity index (χ0n) is 16.6. The van der Waals surface area contributed by atoms with Crippen molar-refractivity contribution in [2.75, 3.05) is 35.5 Å². The normalized spacial score (nSPS) is 12.8. The molecule has 2 aromatic carbocycles. The Hall–Kier alpha value is -3.73. The minimum Gasteiger partial charge on any atom is -0.497 e. The molecule has 31 heavy (non-hydrogen) atoms. The van der Waals surface area contributed by atoms with E-state index in [2.05, 4.69) is 15.5 Å². The summed E-state index contributed by atoms with van der Waals surface area (Å²) in [5, 5.41) is 11.2. The van der Waals surface area contributed by atoms with Crippen molar-refractivity contribution in [2.45, 2.75) is 11.8 Å². The standard InChI is InChI=1S/C20H20N6O4S/c1-29-13-5-4-6-14(9-13)30-11-17-23-24-20(26(17)21)31-12-19(28)25-10-18(27)22-15-7-2-3-8-16(15)25/h2-9H,10-12,21H2,1H3,(H,22,27). The van der Waals surface area contributed by atoms with E-state index in [1.54, 1.807) is 37.4 Å². The molecule has 2 amide bonds. The van der Waals surface area contributed by atoms with Crippen LogP contribution >= 0.6 is 11.8 Å². The summed E-state index contributed by atoms with van der Waals surface area (Å²) in [4.78, 5) is 26.1. The number of para-hydroxylation sites is 2. The van der Waals surface area contributed by atoms with Crippen molar-refractivity contribution in [1.82, 2.24) is 14.9 Å². The van der Waals surface area contributed by atoms with Crippen molar-refractivity contribution in [3.8, 4) is 11.5 Å². The first-order valence-electron chi connectivity index (χ1n) is 9.33. The first-order valence-corrected chi connectivity index (χ1v) is 10.3. The Labute approximate surface area is 182 Å². The fourth-order valence-electron chi connectivity index (χ4n) is 3.00. The van der Waals surface area contributed by atoms with Gasteiger partial charge < -0.3 is 25.5 Å². The lowest BCUT2D eigenvalue weighted by molar-refractivity contribution is -0.120. The topological polar surface area (TPSA) is 125 Å². The lowest BCUT2D eigenvalue weighted by Crippen LogP contribution is -2.43. The van der Waals surface area contributed by atoms with Gasteiger partial charge in [-0.1, -0.05) is 30.0 Å². The molecule has 3 N–H and O–H groups in total. The van der Waals surface area contributed by atoms with Crippen LogP contribution in [0.3, 0.4) is 0 Å². The van der Waals surface area contributed by atoms with Gasteiger partial charge in [0.2, 0.25) is 17.0 Å². The number of anilines is 2. The van der Waals surface area contributed by atoms with E-state index >= 15 is 0 Å². The SMILES string of the molecule is COc1cccc(OCc2nnc(SCC(=O)N3CC(=O)Nc4ccccc43)n2N)c1. The third-order valence-corrected chi connectivity index (χ3v) is 5.47. The number of ether oxygens (including phenoxy) is 2. The van der Waals surface area contributed by atoms with Gasteiger partial charge in [0.05, 0.1) is 24.2 Å². The summed E-state index contributed by atoms with van der Waals surface area (Å²) in [6, 6.07) is 14.3. The van der Waals surface area contributed by atoms with Crippen LogP contribution in [0.5, 0.6) is 11.5 Å². The number of thioether (sulfide) groups is 1. The number of carbonyl (C=O) groups is 2. The molecule has 10 nitrogen and oxygen atoms in total. The van der Waals surface area contributed by atoms with Crippen LogP contribution in [0.2, 0.25) is 0 Å². The number of aromatic nitrogens is 3. The van der Waals surface area contributed by atoms with Crippen LogP contribution in [-0.2, 0) is 16.2 Å². The molecule has 0 bridgehead atoms. The summed E-state index contributed by atoms with van der Waals surface area (Å²) in [6.07, 6.45) is 0. The highest BCUT2D eigenvalue weighted by Gasteiger charge is 2.27. The van der Waals surface area contributed by atoms with Gasteiger partial charge in [-0.05, 0) is 24.3 Å². The number of methoxy groups -OCH3 is 1. The van der Waals surface area contributed by atoms with E-state index in [-0.39, 0.29) is 30.7 Å². The largest absolute Gasteiger partial charge is 0.497 e. The number of carbonyl (C=O) groups excluding carboxylic acids is 2. The Morgan fingerprint density at radius 1 is 1.19 bits per heavy atom. The van der Waals surface area contributed by atoms with Crippen molar-refractivity contribution >= 4 is 35.0 Å². The first-order chi connectivity index (χ1) is 15.0. The summed E-state index contributed by atoms with van der Waals surface area (Å²) in [5.74, 6) is 7.33. The number of hydrogen-bond donors (Lipinski definition) is 2. The van der Waals surface area contributed by atoms with Crippen LogP contribution in [0.1, 0.15) is 5.82 Å². The second kappa shape index (κ2) is 8.96. The van der Waals surface area contributed by atoms with Crippen molar-refractivity contribution in [1.29, 1.82) is 0 Å². The number of nitrogens with zero attached hydrogens (tertiary/aromatic N) is 4. The quantitative estimate of drug-likeness (QED) is 0.420. The van der Waals surface area contributed by atoms with Gasteiger partial charge in [-0.3, -0.25) is 9.59 Å². The molecule has 1 aromatic heterocycles. The Bertz CT molecular complexity index is 1120. The molecule has 0 fully saturated rings. The molecule has 4 rings (SSSR count). The summed E-state index contributed by atoms with van der Waals surface area (Å²) in [5.41, 5.74) is 1.27. The number of fused-ring (bicyclic) bond motifs is 1. The third-order valence-electron chi connectivity index (χ3n) is 4.54. The average Bonchev–Trinajstić information content (AvgIpc) is 3.14. The monoisotopic (exact) mass is 440 g/mol. The average molecular weight is 440 g/mol. The predicted octanol–water partition coefficient (Wildman–Crippen LogP) is 1.66. The first kappa shape index (κ1) is 20.5. The number of nitrogen functional groups attached to an aromatic ring is 1. The molecule has 0 aliphatic carbocycles. The summed E-state index contributed by atoms with van der Waals surface area (Å²) < 4.78 is 12.1. The summed E-state index contributed by atoms with van der Waals surface area (Å²) >= 11 is 1.14. The molecule has 0 atom stereocenters. The van der Waals surface area contributed by atoms with Gasteiger partial charge in [0.1, 0.15) is 24.7 Å². The lowest BCUT2D eigenvalue weighted by atomic mass is 10.2. The molecule has 0 saturated carbocycles. The van der Waals surface area contributed by atoms with Crippen LogP contribution in [-0.4, -0.2) is 46.1 Å². The van der Waals surface area contributed by atoms with Crippen LogP contribution in [0.15, 0.2) is 53.7 Å². The fourth-order valence-corrected chi connectivity index (χ4v) is 3.75. The highest BCUT2D eigenvalue weighted by Crippen LogP contribution is 2.30. The smallest absolute Gasteiger partial charge is 0.244 e. The number of amides is 2. The number of nitrogens with two attached hydrogens (primary N) is 1. The highest BCUT2D eigenvalue weighted by molar-refractivity contribution is 7.99. The van der Waals surface area contributed by atoms with Gasteiger partial charge >= 0.3 is 0 Å². The van der Waals surface area contributed by atoms with Crippen molar-refractivity contribution in [3.63, 3.8) is 0 Å². The van der Waals surface area contributed by atoms with E-state index in [0.717, 1.165) is 11.8 Å². The number of nitrogens with one attached hydrogen (secondary N) is 1. The zero-order chi connectivity index (χ0) is 21.8. The van der Waals surface area contributed by atoms with E-state index in [1.807, 2.05) is 18.2 Å². The summed E-state index contributed by atoms with van der Waals surface area (Å²) in [7, 11) is 1.58. The molecule has 0 radical (unpaired) electrons. The fraction of sp³-hybridized carbons (Fsp3) is 0.200. The van der Waals surface area contributed by atoms with Crippen LogP contribution in [0, 0.1) is 0 Å². The lowest BCUT2D eigenvalue weighted by Gasteiger charge is -2.28. The van der Waals surface area contributed by atoms with Gasteiger partial charge in [0.15, 0.2) is 5.82 Å². The number of hydrogen-bond acceptors (Lipinski definition) is 8. The molecule has 2 heterocycles. The van der Waals surface area contributed by atoms with E-state index in [1.165, 1.54) is 9.58 Å². The van der Waals surface area contributed by atoms with Gasteiger partial charge in [-0.2, -0.15) is 0 Å². The van der Waals surface area contributed by atoms with E-state index in [4.69, 9.17) is 15.3 Å². The predicted molar refractivity (Wildman–Crippen MR) is 116 cm³/mol. The van der Waals surface area contributed by atoms with E-state index < -0.39 is 0 Å². The van der Waals surface area contributed by atoms with Gasteiger partial charge in [-0.15, -0.1) is 10.2 Å². The molecule has 1 aliphatic heterocycles. The minimum absolute atomic E-state index is 0.0364. The molecule has 1 aliphatic rings. The second-order valence-electron chi connectivity index (χ2n) is 6.57. The molecule has 0 saturated heterocycles. The molecule has 0 unspecified atom stereocenters. The van der Waals surface area contributed by atoms with Gasteiger partial charge in [-0.25, -0.2) is 4.68 Å². The molecule has 0 spiro atoms. The zero-order valence-corrected chi connectivity index (χ0v) is 17.5. The minimum atomic E-state index is -0.240. The molecule has 3 aromatic rings. The van der Waals surface area contributed by atoms with Crippen LogP contribution in [0.25, 0.3) is 0 Å². The maximum atomic E-state index is 12.8. The number of benzene rings is 2. The molecule has 160 valence electrons. The van der Waals surface area contributed by atoms with Crippen molar-refractivity contribution in [2.24, 2.45) is 0 Å². The molecule has 11 heteroatoms. The van der Waals surface area contributed by atoms with Crippen molar-refractivity contribution in [3.05, 3.63) is 54.4 Å². The Morgan fingerprint density at radius 2 is 2.00 bits per heavy atom. The highest BCUT2D eigenvalue weighted by atomic mass is 32.2. The van der Waals surface area contributed by atoms with Crippen LogP contribution in [0.4, 0.5) is 11.4 Å². The Balaban J connectivity index is 1.38. The van der Waals surface area contributed by atoms with Gasteiger partial charge in [0, 0.05) is 6.07 Å². The molecular weight excluding hydrogens is 420 g/mol. The van der Waals surface area contributed by atoms with Crippen molar-refractivity contribution < 1.29 is 19.1 Å². The third kappa shape index (κ3) is 4.56. The van der Waals surface area contributed by atoms with E-state index in [0.29, 0.717) is 33.9 Å². The summed E-state index contributed by atoms with van der Waals surface area (Å²) in [6.45, 7) is 0.0657. The van der Waals surface area contributed by atoms with Crippen LogP contribution < -0.4 is 25.5 Å². The van der Waals surface area contributed by atoms with Gasteiger partial charge in [0.25, 0.3) is 0 Å². The maximum Gasteiger partial charge on any atom is 0.244 e. The Kier molecular flexibility index (Phi) is 5.94. The second-order valence-corrected chi connectivity index (χ2v) is 7.51. The maximum absolute atomic E-state index is 12.8. The number of rotatable bonds is 7. The molecular formula is C20H20N6O4S. The Morgan fingerprint density at radius 3 is 2.84 bits per heavy atom. The van der Waals surface area contributed by atoms with E-state index in [9.17, 15) is 9.59 Å².